The molecule has 5 nitrogen and oxygen atoms in total. The summed E-state index contributed by atoms with van der Waals surface area (Å²) in [4.78, 5) is 14.1. The molecule has 0 aliphatic carbocycles. The first-order valence-corrected chi connectivity index (χ1v) is 8.74. The van der Waals surface area contributed by atoms with Crippen molar-refractivity contribution in [2.75, 3.05) is 17.0 Å². The van der Waals surface area contributed by atoms with Gasteiger partial charge in [0.1, 0.15) is 12.1 Å². The number of hydroxylamine groups is 1. The molecular formula is C20H17F3N4O. The normalized spacial score (nSPS) is 17.0. The van der Waals surface area contributed by atoms with Gasteiger partial charge in [0.15, 0.2) is 5.82 Å². The zero-order chi connectivity index (χ0) is 19.6. The fourth-order valence-electron chi connectivity index (χ4n) is 3.13. The molecule has 2 aromatic carbocycles. The van der Waals surface area contributed by atoms with Crippen molar-refractivity contribution in [1.82, 2.24) is 9.97 Å². The summed E-state index contributed by atoms with van der Waals surface area (Å²) in [7, 11) is 0. The molecule has 1 aromatic heterocycles. The number of hydrogen-bond acceptors (Lipinski definition) is 5. The average Bonchev–Trinajstić information content (AvgIpc) is 3.18. The highest BCUT2D eigenvalue weighted by Gasteiger charge is 2.31. The van der Waals surface area contributed by atoms with Crippen LogP contribution in [0.15, 0.2) is 67.0 Å². The van der Waals surface area contributed by atoms with Crippen LogP contribution >= 0.6 is 0 Å². The summed E-state index contributed by atoms with van der Waals surface area (Å²) < 4.78 is 38.7. The molecule has 0 amide bonds. The van der Waals surface area contributed by atoms with E-state index in [9.17, 15) is 13.2 Å². The number of nitrogens with one attached hydrogen (secondary N) is 1. The quantitative estimate of drug-likeness (QED) is 0.674. The Balaban J connectivity index is 1.57. The monoisotopic (exact) mass is 386 g/mol. The van der Waals surface area contributed by atoms with Crippen LogP contribution in [0.2, 0.25) is 0 Å². The van der Waals surface area contributed by atoms with Gasteiger partial charge in [0, 0.05) is 18.2 Å². The summed E-state index contributed by atoms with van der Waals surface area (Å²) in [5.41, 5.74) is 0.672. The molecule has 2 heterocycles. The summed E-state index contributed by atoms with van der Waals surface area (Å²) in [6.45, 7) is 0.556. The van der Waals surface area contributed by atoms with Crippen LogP contribution in [-0.4, -0.2) is 16.6 Å². The number of halogens is 3. The van der Waals surface area contributed by atoms with E-state index in [1.54, 1.807) is 17.2 Å². The highest BCUT2D eigenvalue weighted by molar-refractivity contribution is 5.60. The van der Waals surface area contributed by atoms with Gasteiger partial charge in [-0.1, -0.05) is 36.4 Å². The maximum atomic E-state index is 12.9. The Morgan fingerprint density at radius 1 is 1.00 bits per heavy atom. The molecule has 1 unspecified atom stereocenters. The zero-order valence-electron chi connectivity index (χ0n) is 14.7. The maximum absolute atomic E-state index is 12.9. The van der Waals surface area contributed by atoms with Gasteiger partial charge in [-0.25, -0.2) is 15.0 Å². The Kier molecular flexibility index (Phi) is 4.87. The number of rotatable bonds is 4. The smallest absolute Gasteiger partial charge is 0.340 e. The van der Waals surface area contributed by atoms with Gasteiger partial charge in [0.2, 0.25) is 0 Å². The van der Waals surface area contributed by atoms with E-state index in [2.05, 4.69) is 15.3 Å². The molecule has 1 aliphatic rings. The molecule has 0 spiro atoms. The van der Waals surface area contributed by atoms with Crippen molar-refractivity contribution < 1.29 is 18.0 Å². The number of hydrogen-bond donors (Lipinski definition) is 1. The molecule has 3 aromatic rings. The molecule has 0 bridgehead atoms. The second-order valence-electron chi connectivity index (χ2n) is 6.34. The molecule has 1 fully saturated rings. The fourth-order valence-corrected chi connectivity index (χ4v) is 3.13. The van der Waals surface area contributed by atoms with Gasteiger partial charge in [-0.2, -0.15) is 13.2 Å². The predicted octanol–water partition coefficient (Wildman–Crippen LogP) is 5.12. The molecule has 0 radical (unpaired) electrons. The van der Waals surface area contributed by atoms with Crippen molar-refractivity contribution in [1.29, 1.82) is 0 Å². The Hall–Kier alpha value is -3.13. The van der Waals surface area contributed by atoms with Gasteiger partial charge in [0.05, 0.1) is 18.2 Å². The Bertz CT molecular complexity index is 949. The van der Waals surface area contributed by atoms with Gasteiger partial charge in [0.25, 0.3) is 0 Å². The third-order valence-corrected chi connectivity index (χ3v) is 4.43. The molecule has 1 saturated heterocycles. The van der Waals surface area contributed by atoms with E-state index < -0.39 is 11.7 Å². The standard InChI is InChI=1S/C20H17F3N4O/c21-20(22,23)15-7-4-8-16(11-15)26-18-12-19(25-13-24-18)27-17(9-10-28-27)14-5-2-1-3-6-14/h1-8,11-13,17H,9-10H2,(H,24,25,26). The van der Waals surface area contributed by atoms with E-state index in [1.807, 2.05) is 30.3 Å². The Morgan fingerprint density at radius 2 is 1.82 bits per heavy atom. The first kappa shape index (κ1) is 18.2. The van der Waals surface area contributed by atoms with Gasteiger partial charge < -0.3 is 5.32 Å². The van der Waals surface area contributed by atoms with Crippen LogP contribution in [0.4, 0.5) is 30.5 Å². The molecule has 1 N–H and O–H groups in total. The summed E-state index contributed by atoms with van der Waals surface area (Å²) >= 11 is 0. The van der Waals surface area contributed by atoms with Crippen molar-refractivity contribution >= 4 is 17.3 Å². The molecule has 8 heteroatoms. The lowest BCUT2D eigenvalue weighted by Crippen LogP contribution is -2.22. The van der Waals surface area contributed by atoms with E-state index in [-0.39, 0.29) is 6.04 Å². The largest absolute Gasteiger partial charge is 0.416 e. The molecule has 0 saturated carbocycles. The van der Waals surface area contributed by atoms with Crippen LogP contribution in [0.1, 0.15) is 23.6 Å². The Labute approximate surface area is 159 Å². The number of benzene rings is 2. The Morgan fingerprint density at radius 3 is 2.61 bits per heavy atom. The van der Waals surface area contributed by atoms with Gasteiger partial charge >= 0.3 is 6.18 Å². The number of aromatic nitrogens is 2. The van der Waals surface area contributed by atoms with Crippen LogP contribution in [0.3, 0.4) is 0 Å². The van der Waals surface area contributed by atoms with E-state index >= 15 is 0 Å². The van der Waals surface area contributed by atoms with E-state index in [4.69, 9.17) is 4.84 Å². The second-order valence-corrected chi connectivity index (χ2v) is 6.34. The van der Waals surface area contributed by atoms with E-state index in [1.165, 1.54) is 12.4 Å². The molecule has 1 aliphatic heterocycles. The van der Waals surface area contributed by atoms with Crippen molar-refractivity contribution in [2.24, 2.45) is 0 Å². The lowest BCUT2D eigenvalue weighted by molar-refractivity contribution is -0.137. The van der Waals surface area contributed by atoms with Crippen molar-refractivity contribution in [3.63, 3.8) is 0 Å². The molecule has 28 heavy (non-hydrogen) atoms. The minimum absolute atomic E-state index is 0.0116. The number of alkyl halides is 3. The third kappa shape index (κ3) is 3.91. The highest BCUT2D eigenvalue weighted by atomic mass is 19.4. The first-order valence-electron chi connectivity index (χ1n) is 8.74. The van der Waals surface area contributed by atoms with Crippen molar-refractivity contribution in [3.05, 3.63) is 78.1 Å². The van der Waals surface area contributed by atoms with Gasteiger partial charge in [-0.15, -0.1) is 0 Å². The van der Waals surface area contributed by atoms with Crippen LogP contribution in [-0.2, 0) is 11.0 Å². The molecule has 1 atom stereocenters. The molecule has 4 rings (SSSR count). The van der Waals surface area contributed by atoms with Gasteiger partial charge in [-0.05, 0) is 23.8 Å². The zero-order valence-corrected chi connectivity index (χ0v) is 14.7. The minimum Gasteiger partial charge on any atom is -0.340 e. The van der Waals surface area contributed by atoms with Crippen LogP contribution < -0.4 is 10.4 Å². The molecule has 144 valence electrons. The summed E-state index contributed by atoms with van der Waals surface area (Å²) in [5, 5.41) is 4.62. The summed E-state index contributed by atoms with van der Waals surface area (Å²) in [6, 6.07) is 16.6. The lowest BCUT2D eigenvalue weighted by Gasteiger charge is -2.24. The molecular weight excluding hydrogens is 369 g/mol. The van der Waals surface area contributed by atoms with E-state index in [0.717, 1.165) is 24.1 Å². The number of anilines is 3. The summed E-state index contributed by atoms with van der Waals surface area (Å²) in [5.74, 6) is 0.919. The SMILES string of the molecule is FC(F)(F)c1cccc(Nc2cc(N3OCCC3c3ccccc3)ncn2)c1. The average molecular weight is 386 g/mol. The van der Waals surface area contributed by atoms with Crippen LogP contribution in [0, 0.1) is 0 Å². The lowest BCUT2D eigenvalue weighted by atomic mass is 10.0. The first-order chi connectivity index (χ1) is 13.5. The van der Waals surface area contributed by atoms with Crippen molar-refractivity contribution in [3.8, 4) is 0 Å². The van der Waals surface area contributed by atoms with Crippen LogP contribution in [0.25, 0.3) is 0 Å². The summed E-state index contributed by atoms with van der Waals surface area (Å²) in [6.07, 6.45) is -2.24. The topological polar surface area (TPSA) is 50.3 Å². The van der Waals surface area contributed by atoms with Crippen molar-refractivity contribution in [2.45, 2.75) is 18.6 Å². The van der Waals surface area contributed by atoms with Gasteiger partial charge in [-0.3, -0.25) is 4.84 Å². The fraction of sp³-hybridized carbons (Fsp3) is 0.200. The minimum atomic E-state index is -4.40. The highest BCUT2D eigenvalue weighted by Crippen LogP contribution is 2.35. The number of nitrogens with zero attached hydrogens (tertiary/aromatic N) is 3. The third-order valence-electron chi connectivity index (χ3n) is 4.43. The predicted molar refractivity (Wildman–Crippen MR) is 99.0 cm³/mol. The second kappa shape index (κ2) is 7.47. The van der Waals surface area contributed by atoms with Crippen LogP contribution in [0.5, 0.6) is 0 Å². The maximum Gasteiger partial charge on any atom is 0.416 e. The van der Waals surface area contributed by atoms with E-state index in [0.29, 0.717) is 23.9 Å².